The van der Waals surface area contributed by atoms with Gasteiger partial charge in [-0.05, 0) is 17.4 Å². The average molecular weight is 123 g/mol. The molecule has 0 aromatic carbocycles. The number of nitrogens with zero attached hydrogens (tertiary/aromatic N) is 1. The number of primary amides is 1. The Bertz CT molecular complexity index is 73.3. The second-order valence-electron chi connectivity index (χ2n) is 0.713. The monoisotopic (exact) mass is 123 g/mol. The van der Waals surface area contributed by atoms with Crippen molar-refractivity contribution in [3.8, 4) is 0 Å². The Morgan fingerprint density at radius 2 is 2.29 bits per heavy atom. The number of hydrogen-bond donors (Lipinski definition) is 3. The summed E-state index contributed by atoms with van der Waals surface area (Å²) in [7, 11) is 0. The molecule has 5 nitrogen and oxygen atoms in total. The number of amides is 1. The number of hydrazine groups is 1. The molecule has 42 valence electrons. The van der Waals surface area contributed by atoms with Gasteiger partial charge < -0.3 is 10.6 Å². The van der Waals surface area contributed by atoms with Crippen LogP contribution < -0.4 is 11.6 Å². The molecule has 0 atom stereocenters. The molecular weight excluding hydrogens is 118 g/mol. The molecule has 4 N–H and O–H groups in total. The third-order valence-corrected chi connectivity index (χ3v) is 0.265. The molecule has 0 radical (unpaired) electrons. The Hall–Kier alpha value is -0.460. The fourth-order valence-electron chi connectivity index (χ4n) is 0.0922. The molecule has 6 heteroatoms. The molecule has 0 saturated carbocycles. The lowest BCUT2D eigenvalue weighted by Gasteiger charge is -2.02. The Kier molecular flexibility index (Phi) is 2.49. The van der Waals surface area contributed by atoms with E-state index in [0.29, 0.717) is 4.58 Å². The Balaban J connectivity index is 3.13. The summed E-state index contributed by atoms with van der Waals surface area (Å²) >= 11 is 3.33. The standard InChI is InChI=1S/CH5N3O2S/c2-1(5)6-4(3)7/h7H,3H2,(H2,2,5). The van der Waals surface area contributed by atoms with Crippen LogP contribution in [-0.2, 0) is 4.84 Å². The van der Waals surface area contributed by atoms with Crippen LogP contribution in [-0.4, -0.2) is 10.7 Å². The van der Waals surface area contributed by atoms with E-state index in [9.17, 15) is 4.79 Å². The number of rotatable bonds is 1. The van der Waals surface area contributed by atoms with Crippen LogP contribution in [0.1, 0.15) is 0 Å². The van der Waals surface area contributed by atoms with Crippen LogP contribution in [0.4, 0.5) is 4.79 Å². The molecule has 0 aromatic rings. The predicted molar refractivity (Wildman–Crippen MR) is 25.7 cm³/mol. The zero-order valence-corrected chi connectivity index (χ0v) is 4.26. The largest absolute Gasteiger partial charge is 0.425 e. The van der Waals surface area contributed by atoms with E-state index in [2.05, 4.69) is 29.2 Å². The molecule has 1 amide bonds. The van der Waals surface area contributed by atoms with Gasteiger partial charge in [-0.25, -0.2) is 10.6 Å². The zero-order chi connectivity index (χ0) is 5.86. The lowest BCUT2D eigenvalue weighted by Crippen LogP contribution is -2.27. The van der Waals surface area contributed by atoms with Gasteiger partial charge in [0.2, 0.25) is 0 Å². The Morgan fingerprint density at radius 3 is 2.29 bits per heavy atom. The molecule has 0 rings (SSSR count). The smallest absolute Gasteiger partial charge is 0.333 e. The van der Waals surface area contributed by atoms with E-state index in [4.69, 9.17) is 0 Å². The van der Waals surface area contributed by atoms with Gasteiger partial charge in [-0.1, -0.05) is 0 Å². The van der Waals surface area contributed by atoms with Gasteiger partial charge in [0.25, 0.3) is 0 Å². The first-order valence-corrected chi connectivity index (χ1v) is 1.74. The summed E-state index contributed by atoms with van der Waals surface area (Å²) < 4.78 is 0.419. The van der Waals surface area contributed by atoms with Crippen molar-refractivity contribution in [1.29, 1.82) is 0 Å². The minimum absolute atomic E-state index is 0.419. The zero-order valence-electron chi connectivity index (χ0n) is 3.37. The number of hydrogen-bond acceptors (Lipinski definition) is 5. The highest BCUT2D eigenvalue weighted by molar-refractivity contribution is 7.77. The normalized spacial score (nSPS) is 9.00. The SMILES string of the molecule is NC(=O)ON(N)S. The van der Waals surface area contributed by atoms with Crippen molar-refractivity contribution in [2.45, 2.75) is 0 Å². The number of thiol groups is 1. The number of carbonyl (C=O) groups excluding carboxylic acids is 1. The molecule has 0 heterocycles. The summed E-state index contributed by atoms with van der Waals surface area (Å²) in [6, 6.07) is 0. The van der Waals surface area contributed by atoms with E-state index in [1.165, 1.54) is 0 Å². The van der Waals surface area contributed by atoms with Gasteiger partial charge in [0.15, 0.2) is 0 Å². The van der Waals surface area contributed by atoms with Crippen molar-refractivity contribution >= 4 is 18.9 Å². The molecule has 7 heavy (non-hydrogen) atoms. The van der Waals surface area contributed by atoms with E-state index >= 15 is 0 Å². The van der Waals surface area contributed by atoms with Gasteiger partial charge in [-0.15, -0.1) is 0 Å². The molecule has 0 unspecified atom stereocenters. The summed E-state index contributed by atoms with van der Waals surface area (Å²) in [6.45, 7) is 0. The van der Waals surface area contributed by atoms with Gasteiger partial charge in [-0.2, -0.15) is 0 Å². The van der Waals surface area contributed by atoms with Crippen molar-refractivity contribution in [3.63, 3.8) is 0 Å². The predicted octanol–water partition coefficient (Wildman–Crippen LogP) is -0.983. The highest BCUT2D eigenvalue weighted by atomic mass is 32.1. The van der Waals surface area contributed by atoms with Gasteiger partial charge in [0, 0.05) is 0 Å². The minimum atomic E-state index is -0.988. The Morgan fingerprint density at radius 1 is 1.86 bits per heavy atom. The molecule has 0 aliphatic heterocycles. The van der Waals surface area contributed by atoms with Gasteiger partial charge >= 0.3 is 6.09 Å². The third kappa shape index (κ3) is 5.54. The van der Waals surface area contributed by atoms with Crippen LogP contribution in [0.2, 0.25) is 0 Å². The average Bonchev–Trinajstić information content (AvgIpc) is 1.27. The summed E-state index contributed by atoms with van der Waals surface area (Å²) in [5.41, 5.74) is 4.46. The van der Waals surface area contributed by atoms with Crippen molar-refractivity contribution < 1.29 is 9.63 Å². The van der Waals surface area contributed by atoms with E-state index < -0.39 is 6.09 Å². The van der Waals surface area contributed by atoms with Crippen molar-refractivity contribution in [3.05, 3.63) is 0 Å². The summed E-state index contributed by atoms with van der Waals surface area (Å²) in [6.07, 6.45) is -0.988. The number of carbonyl (C=O) groups is 1. The molecule has 0 aliphatic carbocycles. The lowest BCUT2D eigenvalue weighted by molar-refractivity contribution is -0.00374. The highest BCUT2D eigenvalue weighted by Gasteiger charge is 1.93. The lowest BCUT2D eigenvalue weighted by atomic mass is 11.3. The first kappa shape index (κ1) is 6.54. The molecule has 0 saturated heterocycles. The first-order valence-electron chi connectivity index (χ1n) is 1.34. The molecular formula is CH5N3O2S. The maximum atomic E-state index is 9.64. The first-order chi connectivity index (χ1) is 3.13. The molecule has 0 spiro atoms. The van der Waals surface area contributed by atoms with Gasteiger partial charge in [0.1, 0.15) is 0 Å². The minimum Gasteiger partial charge on any atom is -0.333 e. The van der Waals surface area contributed by atoms with E-state index in [1.807, 2.05) is 0 Å². The van der Waals surface area contributed by atoms with Gasteiger partial charge in [-0.3, -0.25) is 0 Å². The fourth-order valence-corrected chi connectivity index (χ4v) is 0.173. The molecule has 0 fully saturated rings. The van der Waals surface area contributed by atoms with Crippen molar-refractivity contribution in [2.24, 2.45) is 11.6 Å². The molecule has 0 bridgehead atoms. The summed E-state index contributed by atoms with van der Waals surface area (Å²) in [5, 5.41) is 0. The second-order valence-corrected chi connectivity index (χ2v) is 1.11. The van der Waals surface area contributed by atoms with E-state index in [-0.39, 0.29) is 0 Å². The van der Waals surface area contributed by atoms with E-state index in [0.717, 1.165) is 0 Å². The van der Waals surface area contributed by atoms with E-state index in [1.54, 1.807) is 0 Å². The summed E-state index contributed by atoms with van der Waals surface area (Å²) in [4.78, 5) is 13.5. The van der Waals surface area contributed by atoms with Crippen molar-refractivity contribution in [2.75, 3.05) is 0 Å². The van der Waals surface area contributed by atoms with Crippen LogP contribution in [0.25, 0.3) is 0 Å². The van der Waals surface area contributed by atoms with Crippen LogP contribution in [0.3, 0.4) is 0 Å². The maximum Gasteiger partial charge on any atom is 0.425 e. The van der Waals surface area contributed by atoms with Crippen LogP contribution in [0.5, 0.6) is 0 Å². The summed E-state index contributed by atoms with van der Waals surface area (Å²) in [5.74, 6) is 4.67. The quantitative estimate of drug-likeness (QED) is 0.238. The number of nitrogens with two attached hydrogens (primary N) is 2. The highest BCUT2D eigenvalue weighted by Crippen LogP contribution is 1.80. The molecule has 0 aromatic heterocycles. The van der Waals surface area contributed by atoms with Crippen LogP contribution in [0, 0.1) is 0 Å². The van der Waals surface area contributed by atoms with Crippen LogP contribution in [0.15, 0.2) is 0 Å². The van der Waals surface area contributed by atoms with Crippen molar-refractivity contribution in [1.82, 2.24) is 4.58 Å². The van der Waals surface area contributed by atoms with Crippen LogP contribution >= 0.6 is 12.8 Å². The fraction of sp³-hybridized carbons (Fsp3) is 0. The Labute approximate surface area is 45.7 Å². The maximum absolute atomic E-state index is 9.64. The second kappa shape index (κ2) is 2.67. The third-order valence-electron chi connectivity index (χ3n) is 0.184. The topological polar surface area (TPSA) is 81.6 Å². The molecule has 0 aliphatic rings. The van der Waals surface area contributed by atoms with Gasteiger partial charge in [0.05, 0.1) is 0 Å².